The molecule has 1 aromatic rings. The number of halogens is 1. The first-order chi connectivity index (χ1) is 13.9. The number of anilines is 1. The van der Waals surface area contributed by atoms with Crippen molar-refractivity contribution in [1.82, 2.24) is 5.32 Å². The van der Waals surface area contributed by atoms with E-state index in [2.05, 4.69) is 31.4 Å². The lowest BCUT2D eigenvalue weighted by atomic mass is 9.88. The van der Waals surface area contributed by atoms with E-state index >= 15 is 0 Å². The number of Topliss-reactive ketones (excluding diaryl/α,β-unsaturated/α-hetero) is 1. The number of hydrogen-bond acceptors (Lipinski definition) is 5. The molecule has 0 fully saturated rings. The predicted octanol–water partition coefficient (Wildman–Crippen LogP) is 3.00. The predicted molar refractivity (Wildman–Crippen MR) is 117 cm³/mol. The SMILES string of the molecule is CC(=O)CF.COc1ccc(NC(=O)/C=C/[C@H](CC(C)(C)C)NC(=O)[C@H](C)N)cc1. The first-order valence-electron chi connectivity index (χ1n) is 9.62. The van der Waals surface area contributed by atoms with Gasteiger partial charge >= 0.3 is 0 Å². The van der Waals surface area contributed by atoms with Gasteiger partial charge in [-0.1, -0.05) is 26.8 Å². The van der Waals surface area contributed by atoms with Gasteiger partial charge in [-0.2, -0.15) is 0 Å². The quantitative estimate of drug-likeness (QED) is 0.557. The minimum atomic E-state index is -0.833. The highest BCUT2D eigenvalue weighted by Gasteiger charge is 2.20. The Morgan fingerprint density at radius 1 is 1.20 bits per heavy atom. The molecule has 0 spiro atoms. The van der Waals surface area contributed by atoms with Gasteiger partial charge in [-0.25, -0.2) is 4.39 Å². The van der Waals surface area contributed by atoms with Crippen LogP contribution in [-0.2, 0) is 14.4 Å². The van der Waals surface area contributed by atoms with Crippen LogP contribution in [0.4, 0.5) is 10.1 Å². The first-order valence-corrected chi connectivity index (χ1v) is 9.62. The van der Waals surface area contributed by atoms with Crippen LogP contribution in [0.1, 0.15) is 41.0 Å². The van der Waals surface area contributed by atoms with Crippen LogP contribution < -0.4 is 21.1 Å². The Morgan fingerprint density at radius 3 is 2.13 bits per heavy atom. The Balaban J connectivity index is 0.00000150. The third-order valence-electron chi connectivity index (χ3n) is 3.60. The van der Waals surface area contributed by atoms with Crippen LogP contribution in [0.5, 0.6) is 5.75 Å². The molecule has 168 valence electrons. The van der Waals surface area contributed by atoms with Crippen LogP contribution in [0.2, 0.25) is 0 Å². The number of alkyl halides is 1. The summed E-state index contributed by atoms with van der Waals surface area (Å²) in [5.41, 5.74) is 6.27. The Hall–Kier alpha value is -2.74. The van der Waals surface area contributed by atoms with Crippen LogP contribution >= 0.6 is 0 Å². The molecule has 0 heterocycles. The molecule has 0 bridgehead atoms. The second-order valence-corrected chi connectivity index (χ2v) is 8.08. The van der Waals surface area contributed by atoms with Gasteiger partial charge in [-0.3, -0.25) is 14.4 Å². The van der Waals surface area contributed by atoms with E-state index in [-0.39, 0.29) is 23.3 Å². The molecule has 0 aliphatic rings. The third-order valence-corrected chi connectivity index (χ3v) is 3.60. The van der Waals surface area contributed by atoms with Gasteiger partial charge in [0, 0.05) is 17.8 Å². The molecule has 1 rings (SSSR count). The summed E-state index contributed by atoms with van der Waals surface area (Å²) in [5, 5.41) is 5.63. The Bertz CT molecular complexity index is 710. The zero-order chi connectivity index (χ0) is 23.3. The average Bonchev–Trinajstić information content (AvgIpc) is 2.65. The smallest absolute Gasteiger partial charge is 0.248 e. The molecule has 0 unspecified atom stereocenters. The second kappa shape index (κ2) is 13.5. The van der Waals surface area contributed by atoms with Gasteiger partial charge < -0.3 is 21.1 Å². The van der Waals surface area contributed by atoms with E-state index in [1.165, 1.54) is 13.0 Å². The molecule has 4 N–H and O–H groups in total. The summed E-state index contributed by atoms with van der Waals surface area (Å²) in [6.45, 7) is 8.22. The van der Waals surface area contributed by atoms with Crippen molar-refractivity contribution in [1.29, 1.82) is 0 Å². The summed E-state index contributed by atoms with van der Waals surface area (Å²) >= 11 is 0. The van der Waals surface area contributed by atoms with E-state index in [0.717, 1.165) is 5.75 Å². The fourth-order valence-electron chi connectivity index (χ4n) is 2.20. The van der Waals surface area contributed by atoms with Crippen LogP contribution in [0.15, 0.2) is 36.4 Å². The zero-order valence-corrected chi connectivity index (χ0v) is 18.6. The molecular formula is C22H34FN3O4. The lowest BCUT2D eigenvalue weighted by Crippen LogP contribution is -2.44. The molecule has 7 nitrogen and oxygen atoms in total. The van der Waals surface area contributed by atoms with Gasteiger partial charge in [-0.15, -0.1) is 0 Å². The minimum absolute atomic E-state index is 0.00736. The van der Waals surface area contributed by atoms with Crippen molar-refractivity contribution in [2.75, 3.05) is 19.1 Å². The number of benzene rings is 1. The zero-order valence-electron chi connectivity index (χ0n) is 18.6. The summed E-state index contributed by atoms with van der Waals surface area (Å²) in [4.78, 5) is 33.4. The number of ketones is 1. The van der Waals surface area contributed by atoms with Crippen molar-refractivity contribution in [3.05, 3.63) is 36.4 Å². The molecule has 0 aromatic heterocycles. The average molecular weight is 424 g/mol. The maximum Gasteiger partial charge on any atom is 0.248 e. The highest BCUT2D eigenvalue weighted by atomic mass is 19.1. The molecule has 0 saturated heterocycles. The van der Waals surface area contributed by atoms with Crippen molar-refractivity contribution >= 4 is 23.3 Å². The van der Waals surface area contributed by atoms with E-state index in [9.17, 15) is 18.8 Å². The van der Waals surface area contributed by atoms with E-state index in [1.807, 2.05) is 0 Å². The van der Waals surface area contributed by atoms with E-state index < -0.39 is 18.5 Å². The molecule has 8 heteroatoms. The second-order valence-electron chi connectivity index (χ2n) is 8.08. The third kappa shape index (κ3) is 13.4. The molecule has 0 radical (unpaired) electrons. The first kappa shape index (κ1) is 27.3. The van der Waals surface area contributed by atoms with Crippen LogP contribution in [0, 0.1) is 5.41 Å². The molecule has 0 aliphatic heterocycles. The Morgan fingerprint density at radius 2 is 1.73 bits per heavy atom. The van der Waals surface area contributed by atoms with Crippen molar-refractivity contribution in [2.24, 2.45) is 11.1 Å². The van der Waals surface area contributed by atoms with Crippen molar-refractivity contribution in [3.8, 4) is 5.75 Å². The topological polar surface area (TPSA) is 111 Å². The number of nitrogens with one attached hydrogen (secondary N) is 2. The maximum absolute atomic E-state index is 12.1. The highest BCUT2D eigenvalue weighted by molar-refractivity contribution is 5.99. The van der Waals surface area contributed by atoms with E-state index in [1.54, 1.807) is 44.4 Å². The van der Waals surface area contributed by atoms with Crippen molar-refractivity contribution in [3.63, 3.8) is 0 Å². The number of carbonyl (C=O) groups is 3. The molecule has 0 aliphatic carbocycles. The summed E-state index contributed by atoms with van der Waals surface area (Å²) in [5.74, 6) is -0.198. The lowest BCUT2D eigenvalue weighted by Gasteiger charge is -2.25. The standard InChI is InChI=1S/C19H29N3O3.C3H5FO/c1-13(20)18(24)22-15(12-19(2,3)4)8-11-17(23)21-14-6-9-16(25-5)10-7-14;1-3(5)2-4/h6-11,13,15H,12,20H2,1-5H3,(H,21,23)(H,22,24);2H2,1H3/b11-8+;/t13-,15+;/m0./s1. The lowest BCUT2D eigenvalue weighted by molar-refractivity contribution is -0.122. The van der Waals surface area contributed by atoms with Gasteiger partial charge in [0.2, 0.25) is 11.8 Å². The highest BCUT2D eigenvalue weighted by Crippen LogP contribution is 2.21. The fraction of sp³-hybridized carbons (Fsp3) is 0.500. The van der Waals surface area contributed by atoms with E-state index in [4.69, 9.17) is 10.5 Å². The summed E-state index contributed by atoms with van der Waals surface area (Å²) in [6.07, 6.45) is 3.82. The number of carbonyl (C=O) groups excluding carboxylic acids is 3. The minimum Gasteiger partial charge on any atom is -0.497 e. The molecule has 2 amide bonds. The summed E-state index contributed by atoms with van der Waals surface area (Å²) in [6, 6.07) is 6.20. The number of rotatable bonds is 8. The monoisotopic (exact) mass is 423 g/mol. The van der Waals surface area contributed by atoms with Gasteiger partial charge in [0.25, 0.3) is 0 Å². The normalized spacial score (nSPS) is 12.9. The van der Waals surface area contributed by atoms with Gasteiger partial charge in [0.1, 0.15) is 12.4 Å². The molecule has 1 aromatic carbocycles. The fourth-order valence-corrected chi connectivity index (χ4v) is 2.20. The number of ether oxygens (including phenoxy) is 1. The molecule has 30 heavy (non-hydrogen) atoms. The van der Waals surface area contributed by atoms with Crippen LogP contribution in [-0.4, -0.2) is 43.5 Å². The van der Waals surface area contributed by atoms with Crippen LogP contribution in [0.25, 0.3) is 0 Å². The molecular weight excluding hydrogens is 389 g/mol. The van der Waals surface area contributed by atoms with Gasteiger partial charge in [0.15, 0.2) is 5.78 Å². The Kier molecular flexibility index (Phi) is 12.2. The maximum atomic E-state index is 12.1. The van der Waals surface area contributed by atoms with E-state index in [0.29, 0.717) is 12.1 Å². The van der Waals surface area contributed by atoms with Crippen molar-refractivity contribution < 1.29 is 23.5 Å². The van der Waals surface area contributed by atoms with Gasteiger partial charge in [-0.05, 0) is 49.9 Å². The number of hydrogen-bond donors (Lipinski definition) is 3. The largest absolute Gasteiger partial charge is 0.497 e. The Labute approximate surface area is 178 Å². The number of amides is 2. The molecule has 2 atom stereocenters. The summed E-state index contributed by atoms with van der Waals surface area (Å²) < 4.78 is 15.8. The van der Waals surface area contributed by atoms with Gasteiger partial charge in [0.05, 0.1) is 13.2 Å². The van der Waals surface area contributed by atoms with Crippen LogP contribution in [0.3, 0.4) is 0 Å². The number of nitrogens with two attached hydrogens (primary N) is 1. The van der Waals surface area contributed by atoms with Crippen molar-refractivity contribution in [2.45, 2.75) is 53.1 Å². The molecule has 0 saturated carbocycles. The summed E-state index contributed by atoms with van der Waals surface area (Å²) in [7, 11) is 1.59. The number of methoxy groups -OCH3 is 1.